The first-order chi connectivity index (χ1) is 18.6. The number of hydrogen-bond acceptors (Lipinski definition) is 0. The smallest absolute Gasteiger partial charge is 0.0588 e. The molecule has 0 fully saturated rings. The number of nitrogens with zero attached hydrogens (tertiary/aromatic N) is 1. The summed E-state index contributed by atoms with van der Waals surface area (Å²) in [7, 11) is 0. The molecule has 1 aliphatic rings. The Hall–Kier alpha value is -4.62. The lowest BCUT2D eigenvalue weighted by Gasteiger charge is -2.23. The van der Waals surface area contributed by atoms with Crippen LogP contribution < -0.4 is 0 Å². The maximum absolute atomic E-state index is 2.49. The van der Waals surface area contributed by atoms with Gasteiger partial charge in [0.15, 0.2) is 0 Å². The molecule has 0 bridgehead atoms. The second kappa shape index (κ2) is 7.69. The van der Waals surface area contributed by atoms with Gasteiger partial charge in [0.1, 0.15) is 0 Å². The van der Waals surface area contributed by atoms with E-state index in [2.05, 4.69) is 146 Å². The molecule has 1 heteroatoms. The van der Waals surface area contributed by atoms with Gasteiger partial charge >= 0.3 is 0 Å². The van der Waals surface area contributed by atoms with E-state index in [0.717, 1.165) is 0 Å². The van der Waals surface area contributed by atoms with Crippen molar-refractivity contribution in [2.75, 3.05) is 0 Å². The molecule has 1 aromatic heterocycles. The highest BCUT2D eigenvalue weighted by atomic mass is 15.0. The minimum absolute atomic E-state index is 0.0808. The molecule has 8 rings (SSSR count). The summed E-state index contributed by atoms with van der Waals surface area (Å²) in [5.74, 6) is 0. The summed E-state index contributed by atoms with van der Waals surface area (Å²) in [5, 5.41) is 5.17. The highest BCUT2D eigenvalue weighted by Crippen LogP contribution is 2.52. The van der Waals surface area contributed by atoms with Crippen molar-refractivity contribution in [2.24, 2.45) is 0 Å². The van der Waals surface area contributed by atoms with E-state index in [4.69, 9.17) is 0 Å². The number of hydrogen-bond donors (Lipinski definition) is 0. The van der Waals surface area contributed by atoms with Gasteiger partial charge < -0.3 is 4.57 Å². The highest BCUT2D eigenvalue weighted by molar-refractivity contribution is 6.13. The van der Waals surface area contributed by atoms with E-state index >= 15 is 0 Å². The van der Waals surface area contributed by atoms with Crippen LogP contribution in [0.3, 0.4) is 0 Å². The van der Waals surface area contributed by atoms with Gasteiger partial charge in [-0.05, 0) is 68.4 Å². The van der Waals surface area contributed by atoms with E-state index in [1.165, 1.54) is 71.6 Å². The molecule has 0 aliphatic heterocycles. The van der Waals surface area contributed by atoms with Crippen molar-refractivity contribution < 1.29 is 0 Å². The van der Waals surface area contributed by atoms with Crippen LogP contribution in [0.5, 0.6) is 0 Å². The van der Waals surface area contributed by atoms with E-state index < -0.39 is 0 Å². The minimum Gasteiger partial charge on any atom is -0.309 e. The van der Waals surface area contributed by atoms with Crippen molar-refractivity contribution in [2.45, 2.75) is 19.3 Å². The minimum atomic E-state index is -0.0808. The van der Waals surface area contributed by atoms with Crippen LogP contribution in [0.2, 0.25) is 0 Å². The fourth-order valence-electron chi connectivity index (χ4n) is 6.75. The third-order valence-electron chi connectivity index (χ3n) is 8.56. The van der Waals surface area contributed by atoms with Gasteiger partial charge in [-0.3, -0.25) is 0 Å². The average molecular weight is 486 g/mol. The molecular formula is C37H27N. The maximum Gasteiger partial charge on any atom is 0.0588 e. The first-order valence-corrected chi connectivity index (χ1v) is 13.4. The maximum atomic E-state index is 2.49. The molecule has 0 N–H and O–H groups in total. The third-order valence-corrected chi connectivity index (χ3v) is 8.56. The summed E-state index contributed by atoms with van der Waals surface area (Å²) < 4.78 is 2.49. The Bertz CT molecular complexity index is 2040. The number of rotatable bonds is 2. The normalized spacial score (nSPS) is 13.7. The first-order valence-electron chi connectivity index (χ1n) is 13.4. The number of benzene rings is 6. The van der Waals surface area contributed by atoms with Crippen LogP contribution >= 0.6 is 0 Å². The quantitative estimate of drug-likeness (QED) is 0.230. The Morgan fingerprint density at radius 1 is 0.526 bits per heavy atom. The van der Waals surface area contributed by atoms with Crippen molar-refractivity contribution in [3.8, 4) is 27.9 Å². The van der Waals surface area contributed by atoms with Gasteiger partial charge in [-0.25, -0.2) is 0 Å². The molecule has 1 aliphatic carbocycles. The summed E-state index contributed by atoms with van der Waals surface area (Å²) in [6.45, 7) is 4.75. The lowest BCUT2D eigenvalue weighted by Crippen LogP contribution is -2.16. The van der Waals surface area contributed by atoms with Gasteiger partial charge in [0.2, 0.25) is 0 Å². The molecule has 1 nitrogen and oxygen atoms in total. The third kappa shape index (κ3) is 2.87. The molecule has 0 unspecified atom stereocenters. The van der Waals surface area contributed by atoms with Crippen molar-refractivity contribution >= 4 is 32.6 Å². The van der Waals surface area contributed by atoms with Crippen LogP contribution in [0, 0.1) is 0 Å². The number of para-hydroxylation sites is 1. The van der Waals surface area contributed by atoms with E-state index in [0.29, 0.717) is 0 Å². The predicted octanol–water partition coefficient (Wildman–Crippen LogP) is 9.91. The Morgan fingerprint density at radius 2 is 1.24 bits per heavy atom. The predicted molar refractivity (Wildman–Crippen MR) is 161 cm³/mol. The summed E-state index contributed by atoms with van der Waals surface area (Å²) >= 11 is 0. The van der Waals surface area contributed by atoms with Crippen LogP contribution in [0.4, 0.5) is 0 Å². The molecule has 0 spiro atoms. The van der Waals surface area contributed by atoms with Crippen LogP contribution in [-0.2, 0) is 5.41 Å². The van der Waals surface area contributed by atoms with Crippen molar-refractivity contribution in [3.05, 3.63) is 139 Å². The molecule has 0 atom stereocenters. The molecule has 0 radical (unpaired) electrons. The van der Waals surface area contributed by atoms with Crippen LogP contribution in [0.1, 0.15) is 25.0 Å². The topological polar surface area (TPSA) is 4.93 Å². The Morgan fingerprint density at radius 3 is 2.11 bits per heavy atom. The van der Waals surface area contributed by atoms with Gasteiger partial charge in [-0.1, -0.05) is 117 Å². The molecular weight excluding hydrogens is 458 g/mol. The van der Waals surface area contributed by atoms with Crippen molar-refractivity contribution in [3.63, 3.8) is 0 Å². The second-order valence-electron chi connectivity index (χ2n) is 11.0. The lowest BCUT2D eigenvalue weighted by atomic mass is 9.81. The molecule has 0 saturated carbocycles. The zero-order valence-corrected chi connectivity index (χ0v) is 21.6. The molecule has 7 aromatic rings. The molecule has 6 aromatic carbocycles. The summed E-state index contributed by atoms with van der Waals surface area (Å²) in [6, 6.07) is 46.8. The largest absolute Gasteiger partial charge is 0.309 e. The highest BCUT2D eigenvalue weighted by Gasteiger charge is 2.38. The number of fused-ring (bicyclic) bond motifs is 8. The van der Waals surface area contributed by atoms with Gasteiger partial charge in [0.05, 0.1) is 11.0 Å². The molecule has 0 saturated heterocycles. The molecule has 180 valence electrons. The Labute approximate surface area is 222 Å². The van der Waals surface area contributed by atoms with Crippen molar-refractivity contribution in [1.29, 1.82) is 0 Å². The zero-order valence-electron chi connectivity index (χ0n) is 21.6. The summed E-state index contributed by atoms with van der Waals surface area (Å²) in [5.41, 5.74) is 11.7. The number of aromatic nitrogens is 1. The zero-order chi connectivity index (χ0) is 25.4. The molecule has 0 amide bonds. The summed E-state index contributed by atoms with van der Waals surface area (Å²) in [6.07, 6.45) is 0. The SMILES string of the molecule is CC1(C)c2ccccc2-c2ccc3c4ccccc4n(-c4ccc(-c5ccc6ccccc6c5)cc4)c3c21. The molecule has 1 heterocycles. The Balaban J connectivity index is 1.37. The van der Waals surface area contributed by atoms with E-state index in [1.807, 2.05) is 0 Å². The average Bonchev–Trinajstić information content (AvgIpc) is 3.42. The van der Waals surface area contributed by atoms with E-state index in [-0.39, 0.29) is 5.41 Å². The van der Waals surface area contributed by atoms with Gasteiger partial charge in [-0.2, -0.15) is 0 Å². The van der Waals surface area contributed by atoms with Crippen LogP contribution in [0.25, 0.3) is 60.5 Å². The fraction of sp³-hybridized carbons (Fsp3) is 0.0811. The van der Waals surface area contributed by atoms with E-state index in [9.17, 15) is 0 Å². The van der Waals surface area contributed by atoms with Crippen LogP contribution in [0.15, 0.2) is 127 Å². The molecule has 38 heavy (non-hydrogen) atoms. The summed E-state index contributed by atoms with van der Waals surface area (Å²) in [4.78, 5) is 0. The van der Waals surface area contributed by atoms with Gasteiger partial charge in [0.25, 0.3) is 0 Å². The van der Waals surface area contributed by atoms with E-state index in [1.54, 1.807) is 0 Å². The Kier molecular flexibility index (Phi) is 4.35. The van der Waals surface area contributed by atoms with Gasteiger partial charge in [0, 0.05) is 21.9 Å². The van der Waals surface area contributed by atoms with Crippen LogP contribution in [-0.4, -0.2) is 4.57 Å². The van der Waals surface area contributed by atoms with Crippen molar-refractivity contribution in [1.82, 2.24) is 4.57 Å². The lowest BCUT2D eigenvalue weighted by molar-refractivity contribution is 0.664. The van der Waals surface area contributed by atoms with Gasteiger partial charge in [-0.15, -0.1) is 0 Å². The fourth-order valence-corrected chi connectivity index (χ4v) is 6.75. The standard InChI is InChI=1S/C37H27N/c1-37(2)33-13-7-5-11-29(33)31-21-22-32-30-12-6-8-14-34(30)38(36(32)35(31)37)28-19-17-25(18-20-28)27-16-15-24-9-3-4-10-26(24)23-27/h3-23H,1-2H3. The monoisotopic (exact) mass is 485 g/mol. The second-order valence-corrected chi connectivity index (χ2v) is 11.0. The first kappa shape index (κ1) is 21.5.